The van der Waals surface area contributed by atoms with Gasteiger partial charge in [0.2, 0.25) is 0 Å². The molecule has 4 aromatic carbocycles. The number of hydrogen-bond donors (Lipinski definition) is 0. The molecular weight excluding hydrogens is 406 g/mol. The highest BCUT2D eigenvalue weighted by molar-refractivity contribution is 8.24. The van der Waals surface area contributed by atoms with E-state index in [0.717, 1.165) is 21.5 Å². The van der Waals surface area contributed by atoms with Crippen molar-refractivity contribution in [3.63, 3.8) is 0 Å². The Hall–Kier alpha value is -3.00. The molecule has 0 spiro atoms. The van der Waals surface area contributed by atoms with Crippen LogP contribution in [0.25, 0.3) is 35.5 Å². The molecule has 0 aliphatic carbocycles. The highest BCUT2D eigenvalue weighted by Gasteiger charge is 2.33. The molecule has 0 amide bonds. The number of hydrogen-bond acceptors (Lipinski definition) is 4. The highest BCUT2D eigenvalue weighted by Crippen LogP contribution is 2.47. The largest absolute Gasteiger partial charge is 0.427 e. The summed E-state index contributed by atoms with van der Waals surface area (Å²) in [5, 5.41) is 3.49. The van der Waals surface area contributed by atoms with Crippen LogP contribution in [0, 0.1) is 0 Å². The van der Waals surface area contributed by atoms with E-state index < -0.39 is 20.0 Å². The Morgan fingerprint density at radius 3 is 1.28 bits per heavy atom. The van der Waals surface area contributed by atoms with Crippen LogP contribution in [0.2, 0.25) is 0 Å². The molecule has 29 heavy (non-hydrogen) atoms. The summed E-state index contributed by atoms with van der Waals surface area (Å²) in [6.07, 6.45) is 0. The zero-order chi connectivity index (χ0) is 20.2. The Bertz CT molecular complexity index is 1440. The summed E-state index contributed by atoms with van der Waals surface area (Å²) >= 11 is 0. The van der Waals surface area contributed by atoms with E-state index in [9.17, 15) is 16.8 Å². The Kier molecular flexibility index (Phi) is 3.89. The monoisotopic (exact) mass is 420 g/mol. The fraction of sp³-hybridized carbons (Fsp3) is 0. The van der Waals surface area contributed by atoms with Gasteiger partial charge in [0.1, 0.15) is 20.0 Å². The molecule has 0 radical (unpaired) electrons. The van der Waals surface area contributed by atoms with Crippen LogP contribution < -0.4 is 0 Å². The lowest BCUT2D eigenvalue weighted by molar-refractivity contribution is 0.607. The second-order valence-corrected chi connectivity index (χ2v) is 10.1. The molecule has 1 aliphatic rings. The molecule has 5 rings (SSSR count). The van der Waals surface area contributed by atoms with Crippen LogP contribution in [-0.2, 0) is 20.0 Å². The van der Waals surface area contributed by atoms with Crippen molar-refractivity contribution >= 4 is 51.4 Å². The molecule has 0 fully saturated rings. The third-order valence-corrected chi connectivity index (χ3v) is 8.55. The van der Waals surface area contributed by atoms with E-state index in [4.69, 9.17) is 0 Å². The van der Waals surface area contributed by atoms with Crippen molar-refractivity contribution < 1.29 is 16.8 Å². The van der Waals surface area contributed by atoms with Crippen molar-refractivity contribution in [2.24, 2.45) is 0 Å². The van der Waals surface area contributed by atoms with Crippen LogP contribution >= 0.6 is 0 Å². The van der Waals surface area contributed by atoms with E-state index in [1.54, 1.807) is 36.4 Å². The maximum absolute atomic E-state index is 12.8. The Labute approximate surface area is 168 Å². The van der Waals surface area contributed by atoms with Crippen molar-refractivity contribution in [3.05, 3.63) is 100 Å². The molecule has 0 N–H and O–H groups in total. The lowest BCUT2D eigenvalue weighted by Gasteiger charge is -2.11. The minimum atomic E-state index is -4.35. The van der Waals surface area contributed by atoms with Crippen LogP contribution in [-0.4, -0.2) is 16.8 Å². The molecule has 0 unspecified atom stereocenters. The maximum atomic E-state index is 12.8. The van der Waals surface area contributed by atoms with E-state index in [1.165, 1.54) is 0 Å². The summed E-state index contributed by atoms with van der Waals surface area (Å²) in [6.45, 7) is 0. The smallest absolute Gasteiger partial charge is 0.114 e. The van der Waals surface area contributed by atoms with Crippen molar-refractivity contribution in [1.82, 2.24) is 0 Å². The molecule has 1 heterocycles. The molecule has 0 bridgehead atoms. The first kappa shape index (κ1) is 18.1. The molecule has 0 saturated heterocycles. The fourth-order valence-electron chi connectivity index (χ4n) is 3.66. The SMILES string of the molecule is O=S1(=O)[N-]S(=O)(=O)C(c2ccc3ccccc3c2)=C1c1ccc2ccccc2c1. The molecular formula is C22H14NO4S2-. The van der Waals surface area contributed by atoms with Gasteiger partial charge in [0.15, 0.2) is 0 Å². The molecule has 0 atom stereocenters. The summed E-state index contributed by atoms with van der Waals surface area (Å²) in [7, 11) is -8.70. The summed E-state index contributed by atoms with van der Waals surface area (Å²) in [5.74, 6) is 0. The zero-order valence-electron chi connectivity index (χ0n) is 15.0. The molecule has 4 aromatic rings. The van der Waals surface area contributed by atoms with Gasteiger partial charge >= 0.3 is 0 Å². The van der Waals surface area contributed by atoms with Gasteiger partial charge in [-0.3, -0.25) is 0 Å². The third kappa shape index (κ3) is 2.95. The molecule has 144 valence electrons. The van der Waals surface area contributed by atoms with E-state index in [1.807, 2.05) is 48.5 Å². The Morgan fingerprint density at radius 2 is 0.862 bits per heavy atom. The van der Waals surface area contributed by atoms with Gasteiger partial charge in [-0.15, -0.1) is 0 Å². The summed E-state index contributed by atoms with van der Waals surface area (Å²) in [5.41, 5.74) is 0.605. The topological polar surface area (TPSA) is 82.4 Å². The van der Waals surface area contributed by atoms with Gasteiger partial charge in [-0.25, -0.2) is 16.8 Å². The first-order chi connectivity index (χ1) is 13.9. The molecule has 1 aliphatic heterocycles. The first-order valence-electron chi connectivity index (χ1n) is 8.82. The minimum Gasteiger partial charge on any atom is -0.427 e. The summed E-state index contributed by atoms with van der Waals surface area (Å²) in [6, 6.07) is 25.1. The summed E-state index contributed by atoms with van der Waals surface area (Å²) < 4.78 is 54.2. The lowest BCUT2D eigenvalue weighted by Crippen LogP contribution is -1.97. The Balaban J connectivity index is 1.85. The van der Waals surface area contributed by atoms with Crippen molar-refractivity contribution in [3.8, 4) is 0 Å². The lowest BCUT2D eigenvalue weighted by atomic mass is 10.0. The molecule has 5 nitrogen and oxygen atoms in total. The number of sulfonamides is 2. The quantitative estimate of drug-likeness (QED) is 0.463. The van der Waals surface area contributed by atoms with Gasteiger partial charge in [0.25, 0.3) is 0 Å². The first-order valence-corrected chi connectivity index (χ1v) is 11.7. The van der Waals surface area contributed by atoms with E-state index in [0.29, 0.717) is 11.1 Å². The van der Waals surface area contributed by atoms with Crippen LogP contribution in [0.1, 0.15) is 11.1 Å². The molecule has 7 heteroatoms. The highest BCUT2D eigenvalue weighted by atomic mass is 32.3. The predicted molar refractivity (Wildman–Crippen MR) is 116 cm³/mol. The van der Waals surface area contributed by atoms with Gasteiger partial charge < -0.3 is 4.13 Å². The van der Waals surface area contributed by atoms with Gasteiger partial charge in [0, 0.05) is 0 Å². The minimum absolute atomic E-state index is 0.279. The number of benzene rings is 4. The van der Waals surface area contributed by atoms with Crippen LogP contribution in [0.4, 0.5) is 0 Å². The number of nitrogens with zero attached hydrogens (tertiary/aromatic N) is 1. The van der Waals surface area contributed by atoms with Crippen molar-refractivity contribution in [1.29, 1.82) is 0 Å². The number of rotatable bonds is 2. The predicted octanol–water partition coefficient (Wildman–Crippen LogP) is 4.87. The third-order valence-electron chi connectivity index (χ3n) is 4.94. The fourth-order valence-corrected chi connectivity index (χ4v) is 7.47. The van der Waals surface area contributed by atoms with Crippen LogP contribution in [0.3, 0.4) is 0 Å². The zero-order valence-corrected chi connectivity index (χ0v) is 16.6. The molecule has 0 saturated carbocycles. The van der Waals surface area contributed by atoms with Crippen LogP contribution in [0.5, 0.6) is 0 Å². The Morgan fingerprint density at radius 1 is 0.483 bits per heavy atom. The van der Waals surface area contributed by atoms with Crippen LogP contribution in [0.15, 0.2) is 84.9 Å². The van der Waals surface area contributed by atoms with E-state index in [2.05, 4.69) is 4.13 Å². The summed E-state index contributed by atoms with van der Waals surface area (Å²) in [4.78, 5) is -0.558. The van der Waals surface area contributed by atoms with Gasteiger partial charge in [0.05, 0.1) is 9.81 Å². The van der Waals surface area contributed by atoms with Crippen molar-refractivity contribution in [2.75, 3.05) is 0 Å². The van der Waals surface area contributed by atoms with E-state index >= 15 is 0 Å². The van der Waals surface area contributed by atoms with Gasteiger partial charge in [-0.1, -0.05) is 72.8 Å². The van der Waals surface area contributed by atoms with Gasteiger partial charge in [-0.2, -0.15) is 0 Å². The number of fused-ring (bicyclic) bond motifs is 2. The van der Waals surface area contributed by atoms with E-state index in [-0.39, 0.29) is 9.81 Å². The maximum Gasteiger partial charge on any atom is 0.114 e. The second-order valence-electron chi connectivity index (χ2n) is 6.81. The van der Waals surface area contributed by atoms with Crippen molar-refractivity contribution in [2.45, 2.75) is 0 Å². The second kappa shape index (κ2) is 6.25. The normalized spacial score (nSPS) is 17.8. The van der Waals surface area contributed by atoms with Gasteiger partial charge in [-0.05, 0) is 44.8 Å². The standard InChI is InChI=1S/C22H14NO4S2/c24-28(25)21(19-11-9-15-5-1-3-7-17(15)13-19)22(29(26,27)23-28)20-12-10-16-6-2-4-8-18(16)14-20/h1-14H/q-1. The average Bonchev–Trinajstić information content (AvgIpc) is 2.90. The molecule has 0 aromatic heterocycles. The average molecular weight is 420 g/mol.